The van der Waals surface area contributed by atoms with Gasteiger partial charge in [-0.3, -0.25) is 9.59 Å². The first-order valence-electron chi connectivity index (χ1n) is 7.62. The highest BCUT2D eigenvalue weighted by atomic mass is 32.2. The lowest BCUT2D eigenvalue weighted by Crippen LogP contribution is -2.39. The monoisotopic (exact) mass is 359 g/mol. The number of carbonyl (C=O) groups is 2. The van der Waals surface area contributed by atoms with Crippen molar-refractivity contribution in [3.8, 4) is 0 Å². The minimum atomic E-state index is -0.967. The summed E-state index contributed by atoms with van der Waals surface area (Å²) in [5.74, 6) is -3.85. The van der Waals surface area contributed by atoms with Crippen molar-refractivity contribution in [2.75, 3.05) is 25.5 Å². The van der Waals surface area contributed by atoms with Gasteiger partial charge in [-0.1, -0.05) is 0 Å². The van der Waals surface area contributed by atoms with Crippen LogP contribution in [-0.4, -0.2) is 42.5 Å². The molecule has 132 valence electrons. The molecule has 24 heavy (non-hydrogen) atoms. The molecule has 1 saturated heterocycles. The van der Waals surface area contributed by atoms with Gasteiger partial charge in [0.1, 0.15) is 0 Å². The zero-order chi connectivity index (χ0) is 17.5. The van der Waals surface area contributed by atoms with Gasteiger partial charge in [-0.15, -0.1) is 11.8 Å². The van der Waals surface area contributed by atoms with Crippen LogP contribution in [0.3, 0.4) is 0 Å². The molecule has 1 heterocycles. The van der Waals surface area contributed by atoms with Crippen molar-refractivity contribution < 1.29 is 28.2 Å². The Morgan fingerprint density at radius 3 is 2.62 bits per heavy atom. The lowest BCUT2D eigenvalue weighted by molar-refractivity contribution is -0.144. The average molecular weight is 359 g/mol. The first-order valence-corrected chi connectivity index (χ1v) is 8.61. The molecule has 0 bridgehead atoms. The van der Waals surface area contributed by atoms with Gasteiger partial charge < -0.3 is 15.2 Å². The second-order valence-corrected chi connectivity index (χ2v) is 6.61. The highest BCUT2D eigenvalue weighted by Crippen LogP contribution is 2.24. The van der Waals surface area contributed by atoms with Crippen LogP contribution >= 0.6 is 11.8 Å². The zero-order valence-electron chi connectivity index (χ0n) is 13.0. The van der Waals surface area contributed by atoms with Crippen LogP contribution in [0.5, 0.6) is 0 Å². The molecule has 0 spiro atoms. The Hall–Kier alpha value is -1.67. The van der Waals surface area contributed by atoms with Crippen molar-refractivity contribution >= 4 is 23.6 Å². The summed E-state index contributed by atoms with van der Waals surface area (Å²) in [6.45, 7) is 1.12. The van der Waals surface area contributed by atoms with Gasteiger partial charge >= 0.3 is 5.97 Å². The third kappa shape index (κ3) is 5.45. The fraction of sp³-hybridized carbons (Fsp3) is 0.500. The van der Waals surface area contributed by atoms with Crippen LogP contribution in [0.1, 0.15) is 12.8 Å². The molecular formula is C16H19F2NO4S. The lowest BCUT2D eigenvalue weighted by atomic mass is 9.86. The Balaban J connectivity index is 1.80. The second kappa shape index (κ2) is 8.98. The van der Waals surface area contributed by atoms with E-state index in [-0.39, 0.29) is 24.1 Å². The highest BCUT2D eigenvalue weighted by Gasteiger charge is 2.29. The third-order valence-electron chi connectivity index (χ3n) is 3.93. The molecule has 2 N–H and O–H groups in total. The van der Waals surface area contributed by atoms with Crippen LogP contribution in [-0.2, 0) is 14.3 Å². The summed E-state index contributed by atoms with van der Waals surface area (Å²) in [5.41, 5.74) is 0. The molecule has 2 rings (SSSR count). The van der Waals surface area contributed by atoms with Crippen LogP contribution in [0.15, 0.2) is 23.1 Å². The zero-order valence-corrected chi connectivity index (χ0v) is 13.8. The van der Waals surface area contributed by atoms with Crippen LogP contribution in [0.2, 0.25) is 0 Å². The average Bonchev–Trinajstić information content (AvgIpc) is 2.57. The van der Waals surface area contributed by atoms with E-state index in [9.17, 15) is 23.5 Å². The molecule has 1 amide bonds. The Morgan fingerprint density at radius 1 is 1.29 bits per heavy atom. The maximum atomic E-state index is 13.1. The SMILES string of the molecule is O=C(CSc1ccc(F)c(F)c1)NCC(C(=O)O)C1CCOCC1. The van der Waals surface area contributed by atoms with Crippen LogP contribution in [0.25, 0.3) is 0 Å². The number of carboxylic acid groups (broad SMARTS) is 1. The number of thioether (sulfide) groups is 1. The third-order valence-corrected chi connectivity index (χ3v) is 4.93. The summed E-state index contributed by atoms with van der Waals surface area (Å²) in [7, 11) is 0. The maximum Gasteiger partial charge on any atom is 0.308 e. The second-order valence-electron chi connectivity index (χ2n) is 5.56. The van der Waals surface area contributed by atoms with E-state index in [2.05, 4.69) is 5.32 Å². The van der Waals surface area contributed by atoms with Gasteiger partial charge in [0.15, 0.2) is 11.6 Å². The van der Waals surface area contributed by atoms with E-state index in [1.165, 1.54) is 6.07 Å². The van der Waals surface area contributed by atoms with E-state index >= 15 is 0 Å². The molecule has 0 aliphatic carbocycles. The standard InChI is InChI=1S/C16H19F2NO4S/c17-13-2-1-11(7-14(13)18)24-9-15(20)19-8-12(16(21)22)10-3-5-23-6-4-10/h1-2,7,10,12H,3-6,8-9H2,(H,19,20)(H,21,22). The molecule has 1 aromatic carbocycles. The number of amides is 1. The van der Waals surface area contributed by atoms with Gasteiger partial charge in [-0.05, 0) is 37.0 Å². The predicted molar refractivity (Wildman–Crippen MR) is 84.8 cm³/mol. The predicted octanol–water partition coefficient (Wildman–Crippen LogP) is 2.30. The summed E-state index contributed by atoms with van der Waals surface area (Å²) in [6, 6.07) is 3.41. The molecule has 5 nitrogen and oxygen atoms in total. The first kappa shape index (κ1) is 18.7. The maximum absolute atomic E-state index is 13.1. The van der Waals surface area contributed by atoms with Gasteiger partial charge in [0.05, 0.1) is 11.7 Å². The summed E-state index contributed by atoms with van der Waals surface area (Å²) in [4.78, 5) is 23.7. The normalized spacial score (nSPS) is 16.6. The minimum Gasteiger partial charge on any atom is -0.481 e. The topological polar surface area (TPSA) is 75.6 Å². The van der Waals surface area contributed by atoms with E-state index < -0.39 is 23.5 Å². The van der Waals surface area contributed by atoms with Gasteiger partial charge in [0.25, 0.3) is 0 Å². The number of carbonyl (C=O) groups excluding carboxylic acids is 1. The molecule has 1 fully saturated rings. The molecule has 0 radical (unpaired) electrons. The van der Waals surface area contributed by atoms with Crippen molar-refractivity contribution in [3.05, 3.63) is 29.8 Å². The van der Waals surface area contributed by atoms with Gasteiger partial charge in [0, 0.05) is 24.7 Å². The summed E-state index contributed by atoms with van der Waals surface area (Å²) >= 11 is 1.06. The summed E-state index contributed by atoms with van der Waals surface area (Å²) < 4.78 is 31.1. The van der Waals surface area contributed by atoms with Crippen molar-refractivity contribution in [1.29, 1.82) is 0 Å². The molecule has 0 aromatic heterocycles. The van der Waals surface area contributed by atoms with Gasteiger partial charge in [0.2, 0.25) is 5.91 Å². The van der Waals surface area contributed by atoms with E-state index in [0.717, 1.165) is 23.9 Å². The molecule has 1 aliphatic rings. The number of rotatable bonds is 7. The quantitative estimate of drug-likeness (QED) is 0.731. The molecule has 0 saturated carbocycles. The van der Waals surface area contributed by atoms with Crippen LogP contribution in [0.4, 0.5) is 8.78 Å². The molecule has 1 atom stereocenters. The van der Waals surface area contributed by atoms with E-state index in [4.69, 9.17) is 4.74 Å². The number of carboxylic acids is 1. The fourth-order valence-corrected chi connectivity index (χ4v) is 3.32. The molecule has 1 aromatic rings. The van der Waals surface area contributed by atoms with E-state index in [1.807, 2.05) is 0 Å². The molecule has 1 aliphatic heterocycles. The first-order chi connectivity index (χ1) is 11.5. The van der Waals surface area contributed by atoms with E-state index in [0.29, 0.717) is 31.0 Å². The van der Waals surface area contributed by atoms with Crippen LogP contribution < -0.4 is 5.32 Å². The fourth-order valence-electron chi connectivity index (χ4n) is 2.56. The number of halogens is 2. The highest BCUT2D eigenvalue weighted by molar-refractivity contribution is 8.00. The van der Waals surface area contributed by atoms with Gasteiger partial charge in [-0.25, -0.2) is 8.78 Å². The Bertz CT molecular complexity index is 593. The number of hydrogen-bond donors (Lipinski definition) is 2. The smallest absolute Gasteiger partial charge is 0.308 e. The summed E-state index contributed by atoms with van der Waals surface area (Å²) in [6.07, 6.45) is 1.33. The van der Waals surface area contributed by atoms with Crippen molar-refractivity contribution in [2.45, 2.75) is 17.7 Å². The Kier molecular flexibility index (Phi) is 6.99. The Labute approximate surface area is 142 Å². The number of nitrogens with one attached hydrogen (secondary N) is 1. The summed E-state index contributed by atoms with van der Waals surface area (Å²) in [5, 5.41) is 11.9. The minimum absolute atomic E-state index is 0.00515. The van der Waals surface area contributed by atoms with Crippen LogP contribution in [0, 0.1) is 23.5 Å². The number of hydrogen-bond acceptors (Lipinski definition) is 4. The largest absolute Gasteiger partial charge is 0.481 e. The number of benzene rings is 1. The van der Waals surface area contributed by atoms with Crippen molar-refractivity contribution in [3.63, 3.8) is 0 Å². The molecule has 8 heteroatoms. The van der Waals surface area contributed by atoms with Crippen molar-refractivity contribution in [1.82, 2.24) is 5.32 Å². The lowest BCUT2D eigenvalue weighted by Gasteiger charge is -2.27. The molecule has 1 unspecified atom stereocenters. The van der Waals surface area contributed by atoms with E-state index in [1.54, 1.807) is 0 Å². The van der Waals surface area contributed by atoms with Gasteiger partial charge in [-0.2, -0.15) is 0 Å². The van der Waals surface area contributed by atoms with Crippen molar-refractivity contribution in [2.24, 2.45) is 11.8 Å². The number of aliphatic carboxylic acids is 1. The molecular weight excluding hydrogens is 340 g/mol. The Morgan fingerprint density at radius 2 is 2.00 bits per heavy atom. The number of ether oxygens (including phenoxy) is 1.